The van der Waals surface area contributed by atoms with Crippen LogP contribution in [0.15, 0.2) is 84.9 Å². The van der Waals surface area contributed by atoms with Gasteiger partial charge in [-0.25, -0.2) is 0 Å². The summed E-state index contributed by atoms with van der Waals surface area (Å²) in [5, 5.41) is 2.70. The van der Waals surface area contributed by atoms with Crippen molar-refractivity contribution in [3.05, 3.63) is 96.1 Å². The summed E-state index contributed by atoms with van der Waals surface area (Å²) < 4.78 is 2.51. The molecule has 0 fully saturated rings. The zero-order valence-corrected chi connectivity index (χ0v) is 16.6. The van der Waals surface area contributed by atoms with Gasteiger partial charge in [0.25, 0.3) is 0 Å². The highest BCUT2D eigenvalue weighted by molar-refractivity contribution is 6.99. The lowest BCUT2D eigenvalue weighted by molar-refractivity contribution is 0.645. The summed E-state index contributed by atoms with van der Waals surface area (Å²) in [4.78, 5) is 0. The molecular weight excluding hydrogens is 349 g/mol. The van der Waals surface area contributed by atoms with Gasteiger partial charge in [-0.3, -0.25) is 0 Å². The summed E-state index contributed by atoms with van der Waals surface area (Å²) in [5.41, 5.74) is 11.3. The number of aromatic nitrogens is 1. The van der Waals surface area contributed by atoms with Gasteiger partial charge in [0, 0.05) is 27.4 Å². The molecule has 2 aliphatic rings. The largest absolute Gasteiger partial charge is 0.310 e. The molecule has 2 heteroatoms. The Hall–Kier alpha value is -3.26. The molecule has 0 atom stereocenters. The molecule has 4 aromatic carbocycles. The second kappa shape index (κ2) is 5.01. The van der Waals surface area contributed by atoms with E-state index in [0.29, 0.717) is 6.71 Å². The average molecular weight is 369 g/mol. The van der Waals surface area contributed by atoms with Crippen molar-refractivity contribution in [2.24, 2.45) is 0 Å². The van der Waals surface area contributed by atoms with Crippen molar-refractivity contribution in [3.63, 3.8) is 0 Å². The Balaban J connectivity index is 1.77. The van der Waals surface area contributed by atoms with Gasteiger partial charge in [-0.15, -0.1) is 0 Å². The Labute approximate surface area is 170 Å². The third-order valence-electron chi connectivity index (χ3n) is 7.27. The highest BCUT2D eigenvalue weighted by atomic mass is 15.0. The third kappa shape index (κ3) is 1.70. The van der Waals surface area contributed by atoms with Crippen molar-refractivity contribution in [3.8, 4) is 5.69 Å². The molecule has 0 unspecified atom stereocenters. The minimum absolute atomic E-state index is 0.00715. The van der Waals surface area contributed by atoms with Gasteiger partial charge in [-0.05, 0) is 34.2 Å². The molecule has 136 valence electrons. The third-order valence-corrected chi connectivity index (χ3v) is 7.27. The lowest BCUT2D eigenvalue weighted by Crippen LogP contribution is -2.63. The average Bonchev–Trinajstić information content (AvgIpc) is 3.09. The normalized spacial score (nSPS) is 15.4. The lowest BCUT2D eigenvalue weighted by Gasteiger charge is -2.41. The smallest absolute Gasteiger partial charge is 0.247 e. The molecular formula is C27H20BN. The Morgan fingerprint density at radius 2 is 1.34 bits per heavy atom. The summed E-state index contributed by atoms with van der Waals surface area (Å²) in [6, 6.07) is 31.7. The first-order valence-corrected chi connectivity index (χ1v) is 10.4. The van der Waals surface area contributed by atoms with Gasteiger partial charge < -0.3 is 4.57 Å². The molecule has 0 spiro atoms. The lowest BCUT2D eigenvalue weighted by atomic mass is 9.30. The monoisotopic (exact) mass is 369 g/mol. The maximum absolute atomic E-state index is 2.51. The second-order valence-corrected chi connectivity index (χ2v) is 8.98. The SMILES string of the molecule is CC1(C)c2ccccc2B2c3c(cccc31)-n1c3ccccc3c3cccc2c31. The van der Waals surface area contributed by atoms with Crippen LogP contribution in [-0.2, 0) is 5.41 Å². The summed E-state index contributed by atoms with van der Waals surface area (Å²) in [6.45, 7) is 5.05. The van der Waals surface area contributed by atoms with Crippen molar-refractivity contribution in [1.82, 2.24) is 4.57 Å². The molecule has 0 saturated heterocycles. The van der Waals surface area contributed by atoms with E-state index in [1.54, 1.807) is 0 Å². The van der Waals surface area contributed by atoms with E-state index in [1.165, 1.54) is 55.0 Å². The van der Waals surface area contributed by atoms with Gasteiger partial charge in [0.2, 0.25) is 6.71 Å². The molecule has 0 amide bonds. The fourth-order valence-corrected chi connectivity index (χ4v) is 6.07. The quantitative estimate of drug-likeness (QED) is 0.353. The van der Waals surface area contributed by atoms with Crippen LogP contribution >= 0.6 is 0 Å². The van der Waals surface area contributed by atoms with E-state index in [2.05, 4.69) is 103 Å². The fourth-order valence-electron chi connectivity index (χ4n) is 6.07. The topological polar surface area (TPSA) is 4.93 Å². The van der Waals surface area contributed by atoms with E-state index in [1.807, 2.05) is 0 Å². The second-order valence-electron chi connectivity index (χ2n) is 8.98. The number of hydrogen-bond donors (Lipinski definition) is 0. The van der Waals surface area contributed by atoms with Crippen LogP contribution in [0.3, 0.4) is 0 Å². The maximum atomic E-state index is 2.51. The van der Waals surface area contributed by atoms with Gasteiger partial charge in [0.1, 0.15) is 0 Å². The predicted molar refractivity (Wildman–Crippen MR) is 124 cm³/mol. The van der Waals surface area contributed by atoms with Crippen molar-refractivity contribution in [2.75, 3.05) is 0 Å². The first-order chi connectivity index (χ1) is 14.2. The molecule has 7 rings (SSSR count). The van der Waals surface area contributed by atoms with Gasteiger partial charge in [-0.2, -0.15) is 0 Å². The van der Waals surface area contributed by atoms with Crippen LogP contribution < -0.4 is 16.4 Å². The summed E-state index contributed by atoms with van der Waals surface area (Å²) in [7, 11) is 0. The highest BCUT2D eigenvalue weighted by Gasteiger charge is 2.44. The van der Waals surface area contributed by atoms with Gasteiger partial charge in [0.15, 0.2) is 0 Å². The van der Waals surface area contributed by atoms with Crippen LogP contribution in [0.25, 0.3) is 27.5 Å². The molecule has 1 nitrogen and oxygen atoms in total. The summed E-state index contributed by atoms with van der Waals surface area (Å²) >= 11 is 0. The minimum Gasteiger partial charge on any atom is -0.310 e. The molecule has 0 aliphatic carbocycles. The zero-order valence-electron chi connectivity index (χ0n) is 16.6. The molecule has 0 bridgehead atoms. The summed E-state index contributed by atoms with van der Waals surface area (Å²) in [6.07, 6.45) is 0. The molecule has 0 saturated carbocycles. The fraction of sp³-hybridized carbons (Fsp3) is 0.111. The Morgan fingerprint density at radius 1 is 0.655 bits per heavy atom. The molecule has 0 N–H and O–H groups in total. The maximum Gasteiger partial charge on any atom is 0.247 e. The van der Waals surface area contributed by atoms with Crippen LogP contribution in [0, 0.1) is 0 Å². The van der Waals surface area contributed by atoms with E-state index in [9.17, 15) is 0 Å². The van der Waals surface area contributed by atoms with E-state index in [0.717, 1.165) is 0 Å². The molecule has 1 aromatic heterocycles. The number of hydrogen-bond acceptors (Lipinski definition) is 0. The van der Waals surface area contributed by atoms with Crippen molar-refractivity contribution in [2.45, 2.75) is 19.3 Å². The Kier molecular flexibility index (Phi) is 2.71. The minimum atomic E-state index is -0.00715. The van der Waals surface area contributed by atoms with E-state index in [4.69, 9.17) is 0 Å². The zero-order chi connectivity index (χ0) is 19.3. The van der Waals surface area contributed by atoms with E-state index in [-0.39, 0.29) is 5.41 Å². The highest BCUT2D eigenvalue weighted by Crippen LogP contribution is 2.39. The first kappa shape index (κ1) is 15.6. The van der Waals surface area contributed by atoms with E-state index < -0.39 is 0 Å². The van der Waals surface area contributed by atoms with Crippen LogP contribution in [0.2, 0.25) is 0 Å². The van der Waals surface area contributed by atoms with Gasteiger partial charge in [0.05, 0.1) is 5.52 Å². The molecule has 5 aromatic rings. The van der Waals surface area contributed by atoms with Crippen LogP contribution in [0.4, 0.5) is 0 Å². The number of para-hydroxylation sites is 2. The Morgan fingerprint density at radius 3 is 2.28 bits per heavy atom. The van der Waals surface area contributed by atoms with Gasteiger partial charge >= 0.3 is 0 Å². The summed E-state index contributed by atoms with van der Waals surface area (Å²) in [5.74, 6) is 0. The predicted octanol–water partition coefficient (Wildman–Crippen LogP) is 4.25. The van der Waals surface area contributed by atoms with Crippen molar-refractivity contribution in [1.29, 1.82) is 0 Å². The standard InChI is InChI=1S/C27H20BN/c1-27(2)19-11-4-5-13-21(19)28-22-14-7-10-18-17-9-3-6-15-23(17)29(26(18)22)24-16-8-12-20(27)25(24)28/h3-16H,1-2H3. The van der Waals surface area contributed by atoms with E-state index >= 15 is 0 Å². The first-order valence-electron chi connectivity index (χ1n) is 10.4. The van der Waals surface area contributed by atoms with Crippen LogP contribution in [0.5, 0.6) is 0 Å². The van der Waals surface area contributed by atoms with Crippen LogP contribution in [-0.4, -0.2) is 11.3 Å². The number of nitrogens with zero attached hydrogens (tertiary/aromatic N) is 1. The number of rotatable bonds is 0. The number of benzene rings is 4. The van der Waals surface area contributed by atoms with Gasteiger partial charge in [-0.1, -0.05) is 92.1 Å². The molecule has 3 heterocycles. The number of fused-ring (bicyclic) bond motifs is 7. The van der Waals surface area contributed by atoms with Crippen molar-refractivity contribution >= 4 is 44.9 Å². The molecule has 0 radical (unpaired) electrons. The Bertz CT molecular complexity index is 1490. The molecule has 2 aliphatic heterocycles. The van der Waals surface area contributed by atoms with Crippen molar-refractivity contribution < 1.29 is 0 Å². The molecule has 29 heavy (non-hydrogen) atoms. The van der Waals surface area contributed by atoms with Crippen LogP contribution in [0.1, 0.15) is 25.0 Å².